The number of fused-ring (bicyclic) bond motifs is 1. The first-order chi connectivity index (χ1) is 20.2. The Kier molecular flexibility index (Phi) is 8.69. The van der Waals surface area contributed by atoms with E-state index in [0.29, 0.717) is 40.7 Å². The number of nitrogens with zero attached hydrogens (tertiary/aromatic N) is 2. The lowest BCUT2D eigenvalue weighted by Gasteiger charge is -2.23. The first-order valence-corrected chi connectivity index (χ1v) is 13.5. The lowest BCUT2D eigenvalue weighted by atomic mass is 9.99. The molecule has 1 fully saturated rings. The molecule has 0 atom stereocenters. The largest absolute Gasteiger partial charge is 0.493 e. The first-order valence-electron chi connectivity index (χ1n) is 13.1. The molecular weight excluding hydrogens is 570 g/mol. The van der Waals surface area contributed by atoms with Crippen LogP contribution in [0.25, 0.3) is 10.9 Å². The van der Waals surface area contributed by atoms with Crippen LogP contribution in [0.3, 0.4) is 0 Å². The minimum absolute atomic E-state index is 0.0702. The number of hydrogen-bond donors (Lipinski definition) is 2. The van der Waals surface area contributed by atoms with Crippen molar-refractivity contribution in [3.05, 3.63) is 77.5 Å². The molecule has 2 heterocycles. The molecule has 0 bridgehead atoms. The molecule has 2 amide bonds. The molecule has 0 aliphatic carbocycles. The van der Waals surface area contributed by atoms with Crippen molar-refractivity contribution in [3.8, 4) is 23.0 Å². The maximum atomic E-state index is 15.4. The second-order valence-corrected chi connectivity index (χ2v) is 10.1. The van der Waals surface area contributed by atoms with E-state index >= 15 is 4.39 Å². The smallest absolute Gasteiger partial charge is 0.320 e. The van der Waals surface area contributed by atoms with Crippen molar-refractivity contribution < 1.29 is 32.6 Å². The van der Waals surface area contributed by atoms with E-state index in [-0.39, 0.29) is 22.1 Å². The summed E-state index contributed by atoms with van der Waals surface area (Å²) in [6.45, 7) is 2.47. The van der Waals surface area contributed by atoms with Crippen molar-refractivity contribution >= 4 is 45.7 Å². The normalized spacial score (nSPS) is 13.5. The number of aromatic nitrogens is 1. The summed E-state index contributed by atoms with van der Waals surface area (Å²) in [5, 5.41) is 3.69. The molecule has 1 aliphatic heterocycles. The third-order valence-electron chi connectivity index (χ3n) is 6.89. The van der Waals surface area contributed by atoms with Crippen molar-refractivity contribution in [3.63, 3.8) is 0 Å². The van der Waals surface area contributed by atoms with Crippen LogP contribution in [0.15, 0.2) is 60.8 Å². The Morgan fingerprint density at radius 1 is 0.976 bits per heavy atom. The molecule has 1 aliphatic rings. The fourth-order valence-electron chi connectivity index (χ4n) is 4.69. The molecule has 1 aromatic heterocycles. The Bertz CT molecular complexity index is 1650. The van der Waals surface area contributed by atoms with Gasteiger partial charge in [-0.25, -0.2) is 8.78 Å². The first kappa shape index (κ1) is 29.0. The molecule has 0 saturated carbocycles. The van der Waals surface area contributed by atoms with E-state index in [2.05, 4.69) is 10.3 Å². The standard InChI is InChI=1S/C30H27ClF2N4O5/c1-40-27-14-20-24(15-28(27)41-16-17-6-9-35-10-7-17)36-11-8-25(20)42-26-5-3-19(13-23(26)33)37(30(39)29(34)38)18-2-4-21(31)22(32)12-18/h2-5,8,11-15,17,35H,6-7,9-10,16H2,1H3,(H2,34,38). The van der Waals surface area contributed by atoms with Crippen LogP contribution in [0.2, 0.25) is 5.02 Å². The van der Waals surface area contributed by atoms with Gasteiger partial charge in [0.15, 0.2) is 23.1 Å². The van der Waals surface area contributed by atoms with Gasteiger partial charge in [-0.2, -0.15) is 0 Å². The summed E-state index contributed by atoms with van der Waals surface area (Å²) in [6, 6.07) is 12.1. The van der Waals surface area contributed by atoms with Crippen LogP contribution in [0, 0.1) is 17.6 Å². The average molecular weight is 597 g/mol. The Morgan fingerprint density at radius 2 is 1.69 bits per heavy atom. The molecule has 3 aromatic carbocycles. The van der Waals surface area contributed by atoms with Gasteiger partial charge >= 0.3 is 11.8 Å². The van der Waals surface area contributed by atoms with Gasteiger partial charge in [-0.1, -0.05) is 11.6 Å². The van der Waals surface area contributed by atoms with Crippen LogP contribution in [-0.2, 0) is 9.59 Å². The number of piperidine rings is 1. The number of hydrogen-bond acceptors (Lipinski definition) is 7. The summed E-state index contributed by atoms with van der Waals surface area (Å²) in [7, 11) is 1.53. The number of anilines is 2. The fraction of sp³-hybridized carbons (Fsp3) is 0.233. The third kappa shape index (κ3) is 6.22. The van der Waals surface area contributed by atoms with E-state index in [1.165, 1.54) is 37.6 Å². The molecule has 3 N–H and O–H groups in total. The van der Waals surface area contributed by atoms with E-state index in [0.717, 1.165) is 43.0 Å². The fourth-order valence-corrected chi connectivity index (χ4v) is 4.81. The van der Waals surface area contributed by atoms with Crippen LogP contribution >= 0.6 is 11.6 Å². The number of rotatable bonds is 8. The second kappa shape index (κ2) is 12.6. The molecule has 4 aromatic rings. The predicted molar refractivity (Wildman–Crippen MR) is 154 cm³/mol. The molecule has 0 spiro atoms. The molecule has 218 valence electrons. The number of amides is 2. The highest BCUT2D eigenvalue weighted by molar-refractivity contribution is 6.41. The Hall–Kier alpha value is -4.48. The molecule has 0 radical (unpaired) electrons. The predicted octanol–water partition coefficient (Wildman–Crippen LogP) is 5.50. The number of pyridine rings is 1. The van der Waals surface area contributed by atoms with Gasteiger partial charge in [0.25, 0.3) is 0 Å². The highest BCUT2D eigenvalue weighted by atomic mass is 35.5. The molecule has 42 heavy (non-hydrogen) atoms. The monoisotopic (exact) mass is 596 g/mol. The molecule has 1 saturated heterocycles. The summed E-state index contributed by atoms with van der Waals surface area (Å²) in [6.07, 6.45) is 3.58. The third-order valence-corrected chi connectivity index (χ3v) is 7.20. The maximum Gasteiger partial charge on any atom is 0.320 e. The van der Waals surface area contributed by atoms with E-state index in [1.54, 1.807) is 18.2 Å². The minimum Gasteiger partial charge on any atom is -0.493 e. The molecule has 12 heteroatoms. The van der Waals surface area contributed by atoms with Gasteiger partial charge in [-0.05, 0) is 74.3 Å². The second-order valence-electron chi connectivity index (χ2n) is 9.65. The zero-order chi connectivity index (χ0) is 29.8. The van der Waals surface area contributed by atoms with E-state index in [9.17, 15) is 14.0 Å². The van der Waals surface area contributed by atoms with Gasteiger partial charge in [0, 0.05) is 23.7 Å². The van der Waals surface area contributed by atoms with Crippen LogP contribution in [-0.4, -0.2) is 43.6 Å². The van der Waals surface area contributed by atoms with Crippen LogP contribution in [0.5, 0.6) is 23.0 Å². The Labute approximate surface area is 245 Å². The maximum absolute atomic E-state index is 15.4. The SMILES string of the molecule is COc1cc2c(Oc3ccc(N(C(=O)C(N)=O)c4ccc(Cl)c(F)c4)cc3F)ccnc2cc1OCC1CCNCC1. The van der Waals surface area contributed by atoms with Gasteiger partial charge < -0.3 is 25.3 Å². The topological polar surface area (TPSA) is 116 Å². The molecule has 9 nitrogen and oxygen atoms in total. The van der Waals surface area contributed by atoms with Gasteiger partial charge in [-0.3, -0.25) is 19.5 Å². The number of nitrogens with one attached hydrogen (secondary N) is 1. The lowest BCUT2D eigenvalue weighted by molar-refractivity contribution is -0.135. The quantitative estimate of drug-likeness (QED) is 0.258. The van der Waals surface area contributed by atoms with Crippen LogP contribution in [0.1, 0.15) is 12.8 Å². The van der Waals surface area contributed by atoms with Crippen molar-refractivity contribution in [2.24, 2.45) is 11.7 Å². The van der Waals surface area contributed by atoms with Gasteiger partial charge in [-0.15, -0.1) is 0 Å². The number of nitrogens with two attached hydrogens (primary N) is 1. The zero-order valence-electron chi connectivity index (χ0n) is 22.5. The number of primary amides is 1. The molecule has 5 rings (SSSR count). The van der Waals surface area contributed by atoms with Gasteiger partial charge in [0.2, 0.25) is 0 Å². The lowest BCUT2D eigenvalue weighted by Crippen LogP contribution is -2.37. The van der Waals surface area contributed by atoms with E-state index in [4.69, 9.17) is 31.5 Å². The Morgan fingerprint density at radius 3 is 2.36 bits per heavy atom. The number of benzene rings is 3. The summed E-state index contributed by atoms with van der Waals surface area (Å²) in [5.41, 5.74) is 5.60. The van der Waals surface area contributed by atoms with E-state index in [1.807, 2.05) is 0 Å². The summed E-state index contributed by atoms with van der Waals surface area (Å²) >= 11 is 5.75. The number of methoxy groups -OCH3 is 1. The minimum atomic E-state index is -1.32. The van der Waals surface area contributed by atoms with Gasteiger partial charge in [0.1, 0.15) is 11.6 Å². The Balaban J connectivity index is 1.43. The number of ether oxygens (including phenoxy) is 3. The zero-order valence-corrected chi connectivity index (χ0v) is 23.3. The van der Waals surface area contributed by atoms with Crippen molar-refractivity contribution in [1.29, 1.82) is 0 Å². The number of halogens is 3. The molecular formula is C30H27ClF2N4O5. The van der Waals surface area contributed by atoms with Crippen molar-refractivity contribution in [2.75, 3.05) is 31.7 Å². The highest BCUT2D eigenvalue weighted by Gasteiger charge is 2.25. The average Bonchev–Trinajstić information content (AvgIpc) is 2.99. The summed E-state index contributed by atoms with van der Waals surface area (Å²) in [4.78, 5) is 29.5. The van der Waals surface area contributed by atoms with Crippen molar-refractivity contribution in [1.82, 2.24) is 10.3 Å². The van der Waals surface area contributed by atoms with Crippen LogP contribution in [0.4, 0.5) is 20.2 Å². The van der Waals surface area contributed by atoms with Crippen LogP contribution < -0.4 is 30.2 Å². The van der Waals surface area contributed by atoms with E-state index < -0.39 is 23.4 Å². The number of carbonyl (C=O) groups is 2. The van der Waals surface area contributed by atoms with Gasteiger partial charge in [0.05, 0.1) is 35.6 Å². The summed E-state index contributed by atoms with van der Waals surface area (Å²) in [5.74, 6) is -2.64. The summed E-state index contributed by atoms with van der Waals surface area (Å²) < 4.78 is 47.1. The van der Waals surface area contributed by atoms with Crippen molar-refractivity contribution in [2.45, 2.75) is 12.8 Å². The highest BCUT2D eigenvalue weighted by Crippen LogP contribution is 2.39. The number of carbonyl (C=O) groups excluding carboxylic acids is 2. The molecule has 0 unspecified atom stereocenters.